The van der Waals surface area contributed by atoms with Crippen LogP contribution in [0.5, 0.6) is 0 Å². The van der Waals surface area contributed by atoms with E-state index >= 15 is 0 Å². The molecule has 0 amide bonds. The third-order valence-corrected chi connectivity index (χ3v) is 11.3. The van der Waals surface area contributed by atoms with Gasteiger partial charge in [0.05, 0.1) is 16.7 Å². The minimum atomic E-state index is 0.631. The predicted octanol–water partition coefficient (Wildman–Crippen LogP) is 12.6. The summed E-state index contributed by atoms with van der Waals surface area (Å²) in [4.78, 5) is 15.9. The van der Waals surface area contributed by atoms with Gasteiger partial charge in [-0.2, -0.15) is 0 Å². The number of fused-ring (bicyclic) bond motifs is 8. The molecule has 11 aromatic rings. The molecule has 0 N–H and O–H groups in total. The zero-order valence-corrected chi connectivity index (χ0v) is 28.7. The van der Waals surface area contributed by atoms with Crippen molar-refractivity contribution in [3.05, 3.63) is 170 Å². The molecule has 3 heterocycles. The molecule has 0 aliphatic rings. The van der Waals surface area contributed by atoms with Crippen molar-refractivity contribution in [3.8, 4) is 39.9 Å². The molecule has 5 heteroatoms. The fourth-order valence-corrected chi connectivity index (χ4v) is 8.94. The summed E-state index contributed by atoms with van der Waals surface area (Å²) in [5, 5.41) is 9.57. The molecule has 0 spiro atoms. The molecule has 52 heavy (non-hydrogen) atoms. The molecule has 0 aliphatic heterocycles. The van der Waals surface area contributed by atoms with Crippen molar-refractivity contribution in [2.75, 3.05) is 0 Å². The third-order valence-electron chi connectivity index (χ3n) is 10.2. The number of hydrogen-bond donors (Lipinski definition) is 0. The van der Waals surface area contributed by atoms with Crippen LogP contribution in [0.25, 0.3) is 103 Å². The van der Waals surface area contributed by atoms with Crippen LogP contribution in [-0.4, -0.2) is 19.5 Å². The summed E-state index contributed by atoms with van der Waals surface area (Å²) >= 11 is 1.80. The molecule has 11 rings (SSSR count). The van der Waals surface area contributed by atoms with Gasteiger partial charge in [0, 0.05) is 47.6 Å². The van der Waals surface area contributed by atoms with E-state index in [4.69, 9.17) is 15.0 Å². The van der Waals surface area contributed by atoms with Crippen molar-refractivity contribution >= 4 is 74.9 Å². The average Bonchev–Trinajstić information content (AvgIpc) is 3.75. The van der Waals surface area contributed by atoms with E-state index in [1.807, 2.05) is 0 Å². The first-order valence-electron chi connectivity index (χ1n) is 17.4. The Hall–Kier alpha value is -6.69. The minimum Gasteiger partial charge on any atom is -0.308 e. The Kier molecular flexibility index (Phi) is 6.39. The molecule has 0 saturated heterocycles. The smallest absolute Gasteiger partial charge is 0.166 e. The number of nitrogens with zero attached hydrogens (tertiary/aromatic N) is 4. The van der Waals surface area contributed by atoms with Gasteiger partial charge in [-0.1, -0.05) is 121 Å². The van der Waals surface area contributed by atoms with Crippen molar-refractivity contribution in [1.82, 2.24) is 19.5 Å². The molecule has 3 aromatic heterocycles. The molecule has 0 saturated carbocycles. The molecule has 0 bridgehead atoms. The van der Waals surface area contributed by atoms with Gasteiger partial charge in [-0.05, 0) is 70.1 Å². The van der Waals surface area contributed by atoms with Gasteiger partial charge in [0.15, 0.2) is 17.5 Å². The summed E-state index contributed by atoms with van der Waals surface area (Å²) in [7, 11) is 0. The van der Waals surface area contributed by atoms with Gasteiger partial charge in [0.1, 0.15) is 0 Å². The quantitative estimate of drug-likeness (QED) is 0.186. The summed E-state index contributed by atoms with van der Waals surface area (Å²) < 4.78 is 4.84. The van der Waals surface area contributed by atoms with E-state index in [9.17, 15) is 0 Å². The molecule has 242 valence electrons. The summed E-state index contributed by atoms with van der Waals surface area (Å²) in [5.74, 6) is 1.93. The van der Waals surface area contributed by atoms with Crippen LogP contribution in [0.1, 0.15) is 0 Å². The number of para-hydroxylation sites is 2. The highest BCUT2D eigenvalue weighted by molar-refractivity contribution is 7.25. The van der Waals surface area contributed by atoms with E-state index in [1.165, 1.54) is 47.1 Å². The Labute approximate surface area is 302 Å². The van der Waals surface area contributed by atoms with Crippen molar-refractivity contribution in [1.29, 1.82) is 0 Å². The molecule has 0 radical (unpaired) electrons. The number of benzene rings is 8. The van der Waals surface area contributed by atoms with E-state index < -0.39 is 0 Å². The topological polar surface area (TPSA) is 43.6 Å². The standard InChI is InChI=1S/C47H28N4S/c1-2-13-30-26-33(25-24-29(30)12-1)45-48-46(50-47(49-45)37-19-11-23-43-44(37)36-18-7-10-22-42(36)52-43)35-17-6-9-21-40(35)51-39-20-8-5-16-34(39)38-27-31-14-3-4-15-32(31)28-41(38)51/h1-28H. The highest BCUT2D eigenvalue weighted by Gasteiger charge is 2.21. The second-order valence-electron chi connectivity index (χ2n) is 13.2. The first-order chi connectivity index (χ1) is 25.8. The van der Waals surface area contributed by atoms with E-state index in [0.717, 1.165) is 38.8 Å². The number of aromatic nitrogens is 4. The normalized spacial score (nSPS) is 11.8. The second-order valence-corrected chi connectivity index (χ2v) is 14.3. The molecular weight excluding hydrogens is 653 g/mol. The maximum absolute atomic E-state index is 5.35. The van der Waals surface area contributed by atoms with Crippen LogP contribution in [0.4, 0.5) is 0 Å². The van der Waals surface area contributed by atoms with Crippen LogP contribution in [-0.2, 0) is 0 Å². The summed E-state index contributed by atoms with van der Waals surface area (Å²) in [5.41, 5.74) is 6.19. The molecular formula is C47H28N4S. The van der Waals surface area contributed by atoms with Crippen LogP contribution < -0.4 is 0 Å². The third kappa shape index (κ3) is 4.50. The molecule has 4 nitrogen and oxygen atoms in total. The fraction of sp³-hybridized carbons (Fsp3) is 0. The van der Waals surface area contributed by atoms with Crippen LogP contribution in [0, 0.1) is 0 Å². The zero-order valence-electron chi connectivity index (χ0n) is 27.9. The van der Waals surface area contributed by atoms with Gasteiger partial charge in [-0.15, -0.1) is 11.3 Å². The largest absolute Gasteiger partial charge is 0.308 e. The lowest BCUT2D eigenvalue weighted by Crippen LogP contribution is -2.03. The summed E-state index contributed by atoms with van der Waals surface area (Å²) in [6.45, 7) is 0. The van der Waals surface area contributed by atoms with E-state index in [1.54, 1.807) is 11.3 Å². The number of hydrogen-bond acceptors (Lipinski definition) is 4. The maximum Gasteiger partial charge on any atom is 0.166 e. The van der Waals surface area contributed by atoms with Gasteiger partial charge in [-0.25, -0.2) is 15.0 Å². The van der Waals surface area contributed by atoms with Crippen molar-refractivity contribution in [2.45, 2.75) is 0 Å². The average molecular weight is 681 g/mol. The summed E-state index contributed by atoms with van der Waals surface area (Å²) in [6, 6.07) is 60.3. The highest BCUT2D eigenvalue weighted by atomic mass is 32.1. The van der Waals surface area contributed by atoms with Crippen molar-refractivity contribution in [3.63, 3.8) is 0 Å². The maximum atomic E-state index is 5.35. The minimum absolute atomic E-state index is 0.631. The van der Waals surface area contributed by atoms with E-state index in [2.05, 4.69) is 174 Å². The van der Waals surface area contributed by atoms with Gasteiger partial charge in [0.2, 0.25) is 0 Å². The first kappa shape index (κ1) is 29.1. The molecule has 8 aromatic carbocycles. The van der Waals surface area contributed by atoms with Crippen molar-refractivity contribution < 1.29 is 0 Å². The predicted molar refractivity (Wildman–Crippen MR) is 218 cm³/mol. The summed E-state index contributed by atoms with van der Waals surface area (Å²) in [6.07, 6.45) is 0. The highest BCUT2D eigenvalue weighted by Crippen LogP contribution is 2.41. The zero-order chi connectivity index (χ0) is 34.2. The first-order valence-corrected chi connectivity index (χ1v) is 18.3. The molecule has 0 atom stereocenters. The lowest BCUT2D eigenvalue weighted by molar-refractivity contribution is 1.07. The Morgan fingerprint density at radius 1 is 0.385 bits per heavy atom. The second kappa shape index (κ2) is 11.4. The van der Waals surface area contributed by atoms with Crippen LogP contribution in [0.15, 0.2) is 170 Å². The Balaban J connectivity index is 1.21. The molecule has 0 aliphatic carbocycles. The lowest BCUT2D eigenvalue weighted by atomic mass is 10.0. The van der Waals surface area contributed by atoms with Gasteiger partial charge < -0.3 is 4.57 Å². The number of rotatable bonds is 4. The molecule has 0 unspecified atom stereocenters. The molecule has 0 fully saturated rings. The van der Waals surface area contributed by atoms with Gasteiger partial charge in [-0.3, -0.25) is 0 Å². The fourth-order valence-electron chi connectivity index (χ4n) is 7.81. The number of thiophene rings is 1. The Bertz CT molecular complexity index is 3210. The van der Waals surface area contributed by atoms with E-state index in [0.29, 0.717) is 17.5 Å². The van der Waals surface area contributed by atoms with Gasteiger partial charge >= 0.3 is 0 Å². The van der Waals surface area contributed by atoms with Gasteiger partial charge in [0.25, 0.3) is 0 Å². The van der Waals surface area contributed by atoms with Crippen LogP contribution in [0.2, 0.25) is 0 Å². The lowest BCUT2D eigenvalue weighted by Gasteiger charge is -2.15. The van der Waals surface area contributed by atoms with Crippen molar-refractivity contribution in [2.24, 2.45) is 0 Å². The monoisotopic (exact) mass is 680 g/mol. The van der Waals surface area contributed by atoms with Crippen LogP contribution >= 0.6 is 11.3 Å². The Morgan fingerprint density at radius 3 is 1.87 bits per heavy atom. The van der Waals surface area contributed by atoms with Crippen LogP contribution in [0.3, 0.4) is 0 Å². The Morgan fingerprint density at radius 2 is 1.00 bits per heavy atom. The van der Waals surface area contributed by atoms with E-state index in [-0.39, 0.29) is 0 Å². The SMILES string of the molecule is c1ccc(-n2c3ccccc3c3cc4ccccc4cc32)c(-c2nc(-c3ccc4ccccc4c3)nc(-c3cccc4sc5ccccc5c34)n2)c1.